The number of alkyl halides is 3. The van der Waals surface area contributed by atoms with Crippen LogP contribution < -0.4 is 4.74 Å². The van der Waals surface area contributed by atoms with Crippen molar-refractivity contribution in [1.29, 1.82) is 0 Å². The first-order chi connectivity index (χ1) is 12.8. The van der Waals surface area contributed by atoms with Crippen molar-refractivity contribution in [3.63, 3.8) is 0 Å². The van der Waals surface area contributed by atoms with Gasteiger partial charge in [0.25, 0.3) is 5.91 Å². The zero-order valence-electron chi connectivity index (χ0n) is 16.5. The fraction of sp³-hybridized carbons (Fsp3) is 0.579. The molecule has 0 spiro atoms. The lowest BCUT2D eigenvalue weighted by molar-refractivity contribution is -0.274. The molecule has 1 aliphatic rings. The van der Waals surface area contributed by atoms with E-state index in [1.54, 1.807) is 30.6 Å². The third-order valence-electron chi connectivity index (χ3n) is 4.21. The fourth-order valence-electron chi connectivity index (χ4n) is 2.95. The summed E-state index contributed by atoms with van der Waals surface area (Å²) in [6, 6.07) is 4.25. The smallest absolute Gasteiger partial charge is 0.444 e. The third kappa shape index (κ3) is 5.77. The minimum atomic E-state index is -4.78. The number of carbonyl (C=O) groups is 2. The molecule has 0 unspecified atom stereocenters. The predicted octanol–water partition coefficient (Wildman–Crippen LogP) is 4.06. The van der Waals surface area contributed by atoms with Crippen LogP contribution in [0.3, 0.4) is 0 Å². The van der Waals surface area contributed by atoms with Gasteiger partial charge in [-0.3, -0.25) is 4.79 Å². The molecule has 0 N–H and O–H groups in total. The second-order valence-corrected chi connectivity index (χ2v) is 7.86. The minimum Gasteiger partial charge on any atom is -0.444 e. The highest BCUT2D eigenvalue weighted by Gasteiger charge is 2.37. The second kappa shape index (κ2) is 7.89. The van der Waals surface area contributed by atoms with Gasteiger partial charge in [0.05, 0.1) is 0 Å². The van der Waals surface area contributed by atoms with Gasteiger partial charge in [0, 0.05) is 30.7 Å². The van der Waals surface area contributed by atoms with Crippen LogP contribution in [0.25, 0.3) is 0 Å². The van der Waals surface area contributed by atoms with Crippen molar-refractivity contribution in [2.45, 2.75) is 58.7 Å². The molecule has 6 nitrogen and oxygen atoms in total. The zero-order valence-corrected chi connectivity index (χ0v) is 16.5. The Morgan fingerprint density at radius 1 is 0.964 bits per heavy atom. The van der Waals surface area contributed by atoms with Crippen molar-refractivity contribution in [2.75, 3.05) is 13.1 Å². The van der Waals surface area contributed by atoms with Gasteiger partial charge in [-0.25, -0.2) is 4.79 Å². The number of carbonyl (C=O) groups excluding carboxylic acids is 2. The van der Waals surface area contributed by atoms with Crippen molar-refractivity contribution in [3.8, 4) is 5.75 Å². The molecule has 0 aliphatic carbocycles. The molecule has 1 aliphatic heterocycles. The molecule has 28 heavy (non-hydrogen) atoms. The van der Waals surface area contributed by atoms with Crippen LogP contribution in [0.1, 0.15) is 45.0 Å². The van der Waals surface area contributed by atoms with Gasteiger partial charge in [-0.2, -0.15) is 0 Å². The molecular formula is C19H25F3N2O4. The van der Waals surface area contributed by atoms with Crippen LogP contribution in [0, 0.1) is 0 Å². The average Bonchev–Trinajstić information content (AvgIpc) is 2.53. The number of piperazine rings is 1. The summed E-state index contributed by atoms with van der Waals surface area (Å²) >= 11 is 0. The Kier molecular flexibility index (Phi) is 6.15. The summed E-state index contributed by atoms with van der Waals surface area (Å²) in [6.07, 6.45) is -5.22. The molecule has 0 bridgehead atoms. The fourth-order valence-corrected chi connectivity index (χ4v) is 2.95. The highest BCUT2D eigenvalue weighted by molar-refractivity contribution is 5.94. The molecule has 1 heterocycles. The van der Waals surface area contributed by atoms with Crippen LogP contribution in [-0.2, 0) is 4.74 Å². The zero-order chi connectivity index (χ0) is 21.3. The largest absolute Gasteiger partial charge is 0.573 e. The van der Waals surface area contributed by atoms with Crippen LogP contribution in [-0.4, -0.2) is 58.9 Å². The molecule has 156 valence electrons. The molecule has 0 saturated carbocycles. The number of nitrogens with zero attached hydrogens (tertiary/aromatic N) is 2. The molecule has 0 radical (unpaired) electrons. The Morgan fingerprint density at radius 2 is 1.46 bits per heavy atom. The monoisotopic (exact) mass is 402 g/mol. The Morgan fingerprint density at radius 3 is 1.96 bits per heavy atom. The number of hydrogen-bond donors (Lipinski definition) is 0. The quantitative estimate of drug-likeness (QED) is 0.749. The summed E-state index contributed by atoms with van der Waals surface area (Å²) in [5, 5.41) is 0. The first kappa shape index (κ1) is 21.8. The first-order valence-electron chi connectivity index (χ1n) is 8.93. The maximum absolute atomic E-state index is 12.8. The minimum absolute atomic E-state index is 0.249. The van der Waals surface area contributed by atoms with Crippen LogP contribution in [0.2, 0.25) is 0 Å². The van der Waals surface area contributed by atoms with Crippen LogP contribution >= 0.6 is 0 Å². The summed E-state index contributed by atoms with van der Waals surface area (Å²) in [5.74, 6) is -0.707. The van der Waals surface area contributed by atoms with Crippen molar-refractivity contribution in [2.24, 2.45) is 0 Å². The molecule has 1 aromatic carbocycles. The van der Waals surface area contributed by atoms with Gasteiger partial charge in [0.1, 0.15) is 11.4 Å². The van der Waals surface area contributed by atoms with E-state index in [9.17, 15) is 22.8 Å². The summed E-state index contributed by atoms with van der Waals surface area (Å²) < 4.78 is 46.0. The Hall–Kier alpha value is -2.45. The van der Waals surface area contributed by atoms with E-state index in [-0.39, 0.29) is 29.3 Å². The van der Waals surface area contributed by atoms with Gasteiger partial charge in [-0.1, -0.05) is 0 Å². The summed E-state index contributed by atoms with van der Waals surface area (Å²) in [4.78, 5) is 28.3. The van der Waals surface area contributed by atoms with Crippen molar-refractivity contribution < 1.29 is 32.2 Å². The topological polar surface area (TPSA) is 59.1 Å². The Bertz CT molecular complexity index is 713. The van der Waals surface area contributed by atoms with Crippen molar-refractivity contribution >= 4 is 12.0 Å². The number of benzene rings is 1. The number of halogens is 3. The van der Waals surface area contributed by atoms with E-state index in [2.05, 4.69) is 4.74 Å². The number of amides is 2. The van der Waals surface area contributed by atoms with E-state index in [1.807, 2.05) is 13.8 Å². The molecule has 1 fully saturated rings. The van der Waals surface area contributed by atoms with Gasteiger partial charge < -0.3 is 19.3 Å². The molecule has 1 aromatic rings. The van der Waals surface area contributed by atoms with E-state index < -0.39 is 18.1 Å². The Labute approximate surface area is 162 Å². The van der Waals surface area contributed by atoms with E-state index in [4.69, 9.17) is 4.74 Å². The van der Waals surface area contributed by atoms with E-state index in [1.165, 1.54) is 12.1 Å². The normalized spacial score (nSPS) is 20.7. The van der Waals surface area contributed by atoms with E-state index in [0.717, 1.165) is 12.1 Å². The number of ether oxygens (including phenoxy) is 2. The maximum Gasteiger partial charge on any atom is 0.573 e. The molecule has 1 saturated heterocycles. The van der Waals surface area contributed by atoms with Crippen molar-refractivity contribution in [1.82, 2.24) is 9.80 Å². The van der Waals surface area contributed by atoms with Gasteiger partial charge >= 0.3 is 12.5 Å². The van der Waals surface area contributed by atoms with Crippen molar-refractivity contribution in [3.05, 3.63) is 29.8 Å². The van der Waals surface area contributed by atoms with Gasteiger partial charge in [0.2, 0.25) is 0 Å². The first-order valence-corrected chi connectivity index (χ1v) is 8.93. The predicted molar refractivity (Wildman–Crippen MR) is 96.0 cm³/mol. The molecular weight excluding hydrogens is 377 g/mol. The molecule has 2 atom stereocenters. The highest BCUT2D eigenvalue weighted by Crippen LogP contribution is 2.25. The number of hydrogen-bond acceptors (Lipinski definition) is 4. The summed E-state index contributed by atoms with van der Waals surface area (Å²) in [7, 11) is 0. The van der Waals surface area contributed by atoms with Gasteiger partial charge in [-0.05, 0) is 58.9 Å². The van der Waals surface area contributed by atoms with Crippen LogP contribution in [0.5, 0.6) is 5.75 Å². The summed E-state index contributed by atoms with van der Waals surface area (Å²) in [6.45, 7) is 9.57. The van der Waals surface area contributed by atoms with Crippen LogP contribution in [0.15, 0.2) is 24.3 Å². The SMILES string of the molecule is C[C@@H]1CN(C(=O)OC(C)(C)C)[C@@H](C)CN1C(=O)c1ccc(OC(F)(F)F)cc1. The van der Waals surface area contributed by atoms with Gasteiger partial charge in [0.15, 0.2) is 0 Å². The molecule has 0 aromatic heterocycles. The lowest BCUT2D eigenvalue weighted by Gasteiger charge is -2.44. The third-order valence-corrected chi connectivity index (χ3v) is 4.21. The molecule has 9 heteroatoms. The van der Waals surface area contributed by atoms with Crippen LogP contribution in [0.4, 0.5) is 18.0 Å². The lowest BCUT2D eigenvalue weighted by atomic mass is 10.1. The second-order valence-electron chi connectivity index (χ2n) is 7.86. The van der Waals surface area contributed by atoms with E-state index in [0.29, 0.717) is 13.1 Å². The lowest BCUT2D eigenvalue weighted by Crippen LogP contribution is -2.60. The average molecular weight is 402 g/mol. The molecule has 2 rings (SSSR count). The Balaban J connectivity index is 2.06. The standard InChI is InChI=1S/C19H25F3N2O4/c1-12-11-24(17(26)28-18(3,4)5)13(2)10-23(12)16(25)14-6-8-15(9-7-14)27-19(20,21)22/h6-9,12-13H,10-11H2,1-5H3/t12-,13+/m1/s1. The summed E-state index contributed by atoms with van der Waals surface area (Å²) in [5.41, 5.74) is -0.368. The molecule has 2 amide bonds. The maximum atomic E-state index is 12.8. The highest BCUT2D eigenvalue weighted by atomic mass is 19.4. The van der Waals surface area contributed by atoms with Gasteiger partial charge in [-0.15, -0.1) is 13.2 Å². The number of rotatable bonds is 2. The van der Waals surface area contributed by atoms with E-state index >= 15 is 0 Å².